The Morgan fingerprint density at radius 3 is 1.30 bits per heavy atom. The average molecular weight is 443 g/mol. The summed E-state index contributed by atoms with van der Waals surface area (Å²) in [5, 5.41) is 0. The van der Waals surface area contributed by atoms with Gasteiger partial charge in [-0.2, -0.15) is 0 Å². The molecule has 0 aliphatic heterocycles. The summed E-state index contributed by atoms with van der Waals surface area (Å²) in [5.41, 5.74) is 10.5. The minimum atomic E-state index is -0.231. The van der Waals surface area contributed by atoms with E-state index in [1.54, 1.807) is 0 Å². The highest BCUT2D eigenvalue weighted by Gasteiger charge is 2.34. The van der Waals surface area contributed by atoms with E-state index in [0.29, 0.717) is 0 Å². The quantitative estimate of drug-likeness (QED) is 0.314. The zero-order valence-corrected chi connectivity index (χ0v) is 22.0. The Labute approximate surface area is 202 Å². The molecule has 0 saturated carbocycles. The van der Waals surface area contributed by atoms with Gasteiger partial charge in [-0.15, -0.1) is 0 Å². The van der Waals surface area contributed by atoms with Gasteiger partial charge in [0.25, 0.3) is 0 Å². The van der Waals surface area contributed by atoms with Crippen LogP contribution in [-0.4, -0.2) is 26.2 Å². The summed E-state index contributed by atoms with van der Waals surface area (Å²) in [6, 6.07) is 23.2. The maximum atomic E-state index is 2.42. The van der Waals surface area contributed by atoms with Crippen LogP contribution in [0, 0.1) is 20.8 Å². The van der Waals surface area contributed by atoms with Crippen molar-refractivity contribution < 1.29 is 0 Å². The number of aryl methyl sites for hydroxylation is 3. The maximum absolute atomic E-state index is 2.42. The Hall–Kier alpha value is -2.74. The van der Waals surface area contributed by atoms with Crippen LogP contribution in [0.1, 0.15) is 68.0 Å². The lowest BCUT2D eigenvalue weighted by Crippen LogP contribution is -2.29. The molecule has 0 N–H and O–H groups in total. The third-order valence-corrected chi connectivity index (χ3v) is 7.38. The summed E-state index contributed by atoms with van der Waals surface area (Å²) < 4.78 is 0. The standard InChI is InChI=1S/C31H42N2/c1-9-32(10-2)27-17-19-29(24(6)21-27)31(8,26-15-13-23(5)14-16-26)30-20-18-28(22-25(30)7)33(11-3)12-4/h13-22H,9-12H2,1-8H3. The molecule has 0 spiro atoms. The summed E-state index contributed by atoms with van der Waals surface area (Å²) in [4.78, 5) is 4.84. The summed E-state index contributed by atoms with van der Waals surface area (Å²) in [6.07, 6.45) is 0. The van der Waals surface area contributed by atoms with Crippen molar-refractivity contribution in [1.29, 1.82) is 0 Å². The molecule has 0 aliphatic rings. The predicted octanol–water partition coefficient (Wildman–Crippen LogP) is 7.66. The van der Waals surface area contributed by atoms with E-state index in [2.05, 4.69) is 126 Å². The van der Waals surface area contributed by atoms with Crippen LogP contribution in [0.15, 0.2) is 60.7 Å². The second-order valence-corrected chi connectivity index (χ2v) is 9.33. The van der Waals surface area contributed by atoms with Gasteiger partial charge in [0, 0.05) is 43.0 Å². The molecule has 0 amide bonds. The lowest BCUT2D eigenvalue weighted by Gasteiger charge is -2.36. The van der Waals surface area contributed by atoms with E-state index in [1.807, 2.05) is 0 Å². The van der Waals surface area contributed by atoms with Gasteiger partial charge in [-0.3, -0.25) is 0 Å². The van der Waals surface area contributed by atoms with Gasteiger partial charge < -0.3 is 9.80 Å². The minimum Gasteiger partial charge on any atom is -0.372 e. The smallest absolute Gasteiger partial charge is 0.0428 e. The lowest BCUT2D eigenvalue weighted by molar-refractivity contribution is 0.680. The van der Waals surface area contributed by atoms with E-state index in [-0.39, 0.29) is 5.41 Å². The van der Waals surface area contributed by atoms with Crippen molar-refractivity contribution in [2.75, 3.05) is 36.0 Å². The van der Waals surface area contributed by atoms with Crippen LogP contribution >= 0.6 is 0 Å². The normalized spacial score (nSPS) is 11.5. The first kappa shape index (κ1) is 24.9. The molecule has 2 nitrogen and oxygen atoms in total. The van der Waals surface area contributed by atoms with Crippen LogP contribution in [0.3, 0.4) is 0 Å². The van der Waals surface area contributed by atoms with Gasteiger partial charge in [0.1, 0.15) is 0 Å². The molecule has 176 valence electrons. The first-order valence-corrected chi connectivity index (χ1v) is 12.6. The molecule has 3 aromatic rings. The second-order valence-electron chi connectivity index (χ2n) is 9.33. The first-order chi connectivity index (χ1) is 15.8. The van der Waals surface area contributed by atoms with Gasteiger partial charge >= 0.3 is 0 Å². The number of anilines is 2. The molecular weight excluding hydrogens is 400 g/mol. The summed E-state index contributed by atoms with van der Waals surface area (Å²) in [7, 11) is 0. The van der Waals surface area contributed by atoms with Crippen molar-refractivity contribution in [2.24, 2.45) is 0 Å². The molecule has 33 heavy (non-hydrogen) atoms. The van der Waals surface area contributed by atoms with E-state index in [4.69, 9.17) is 0 Å². The van der Waals surface area contributed by atoms with Crippen LogP contribution < -0.4 is 9.80 Å². The van der Waals surface area contributed by atoms with Crippen molar-refractivity contribution in [3.63, 3.8) is 0 Å². The molecule has 0 aromatic heterocycles. The zero-order valence-electron chi connectivity index (χ0n) is 22.0. The molecule has 0 atom stereocenters. The molecule has 0 aliphatic carbocycles. The van der Waals surface area contributed by atoms with Crippen molar-refractivity contribution in [1.82, 2.24) is 0 Å². The lowest BCUT2D eigenvalue weighted by atomic mass is 9.68. The van der Waals surface area contributed by atoms with Crippen LogP contribution in [0.2, 0.25) is 0 Å². The number of nitrogens with zero attached hydrogens (tertiary/aromatic N) is 2. The van der Waals surface area contributed by atoms with Gasteiger partial charge in [0.15, 0.2) is 0 Å². The largest absolute Gasteiger partial charge is 0.372 e. The Bertz CT molecular complexity index is 995. The predicted molar refractivity (Wildman–Crippen MR) is 146 cm³/mol. The Balaban J connectivity index is 2.22. The molecule has 3 aromatic carbocycles. The zero-order chi connectivity index (χ0) is 24.2. The summed E-state index contributed by atoms with van der Waals surface area (Å²) >= 11 is 0. The molecule has 0 bridgehead atoms. The van der Waals surface area contributed by atoms with Gasteiger partial charge in [0.05, 0.1) is 0 Å². The Morgan fingerprint density at radius 1 is 0.576 bits per heavy atom. The van der Waals surface area contributed by atoms with Gasteiger partial charge in [-0.1, -0.05) is 42.0 Å². The molecule has 2 heteroatoms. The third-order valence-electron chi connectivity index (χ3n) is 7.38. The molecule has 0 heterocycles. The van der Waals surface area contributed by atoms with E-state index >= 15 is 0 Å². The molecule has 3 rings (SSSR count). The number of hydrogen-bond donors (Lipinski definition) is 0. The Morgan fingerprint density at radius 2 is 0.970 bits per heavy atom. The van der Waals surface area contributed by atoms with Crippen LogP contribution in [0.4, 0.5) is 11.4 Å². The molecule has 0 saturated heterocycles. The highest BCUT2D eigenvalue weighted by Crippen LogP contribution is 2.43. The van der Waals surface area contributed by atoms with Crippen molar-refractivity contribution in [2.45, 2.75) is 60.8 Å². The van der Waals surface area contributed by atoms with Crippen molar-refractivity contribution >= 4 is 11.4 Å². The number of benzene rings is 3. The molecular formula is C31H42N2. The van der Waals surface area contributed by atoms with E-state index in [1.165, 1.54) is 44.8 Å². The highest BCUT2D eigenvalue weighted by molar-refractivity contribution is 5.61. The van der Waals surface area contributed by atoms with Gasteiger partial charge in [0.2, 0.25) is 0 Å². The Kier molecular flexibility index (Phi) is 7.89. The first-order valence-electron chi connectivity index (χ1n) is 12.6. The fraction of sp³-hybridized carbons (Fsp3) is 0.419. The molecule has 0 radical (unpaired) electrons. The van der Waals surface area contributed by atoms with Crippen molar-refractivity contribution in [3.8, 4) is 0 Å². The van der Waals surface area contributed by atoms with E-state index in [9.17, 15) is 0 Å². The van der Waals surface area contributed by atoms with E-state index < -0.39 is 0 Å². The van der Waals surface area contributed by atoms with Crippen LogP contribution in [0.25, 0.3) is 0 Å². The highest BCUT2D eigenvalue weighted by atomic mass is 15.1. The third kappa shape index (κ3) is 4.81. The molecule has 0 fully saturated rings. The fourth-order valence-electron chi connectivity index (χ4n) is 5.33. The number of rotatable bonds is 9. The maximum Gasteiger partial charge on any atom is 0.0428 e. The van der Waals surface area contributed by atoms with E-state index in [0.717, 1.165) is 26.2 Å². The summed E-state index contributed by atoms with van der Waals surface area (Å²) in [6.45, 7) is 22.1. The fourth-order valence-corrected chi connectivity index (χ4v) is 5.33. The topological polar surface area (TPSA) is 6.48 Å². The van der Waals surface area contributed by atoms with Crippen LogP contribution in [-0.2, 0) is 5.41 Å². The monoisotopic (exact) mass is 442 g/mol. The van der Waals surface area contributed by atoms with Gasteiger partial charge in [-0.05, 0) is 107 Å². The second kappa shape index (κ2) is 10.5. The van der Waals surface area contributed by atoms with Crippen LogP contribution in [0.5, 0.6) is 0 Å². The minimum absolute atomic E-state index is 0.231. The van der Waals surface area contributed by atoms with Gasteiger partial charge in [-0.25, -0.2) is 0 Å². The van der Waals surface area contributed by atoms with Crippen molar-refractivity contribution in [3.05, 3.63) is 94.0 Å². The summed E-state index contributed by atoms with van der Waals surface area (Å²) in [5.74, 6) is 0. The SMILES string of the molecule is CCN(CC)c1ccc(C(C)(c2ccc(C)cc2)c2ccc(N(CC)CC)cc2C)c(C)c1. The molecule has 0 unspecified atom stereocenters. The number of hydrogen-bond acceptors (Lipinski definition) is 2. The average Bonchev–Trinajstić information content (AvgIpc) is 2.81.